The minimum Gasteiger partial charge on any atom is -0.480 e. The Morgan fingerprint density at radius 3 is 3.00 bits per heavy atom. The number of halogens is 1. The second-order valence-corrected chi connectivity index (χ2v) is 4.18. The van der Waals surface area contributed by atoms with Gasteiger partial charge in [0.25, 0.3) is 5.91 Å². The van der Waals surface area contributed by atoms with Crippen LogP contribution in [0.5, 0.6) is 5.75 Å². The van der Waals surface area contributed by atoms with Gasteiger partial charge in [0, 0.05) is 25.1 Å². The maximum Gasteiger partial charge on any atom is 0.267 e. The van der Waals surface area contributed by atoms with Crippen LogP contribution >= 0.6 is 15.9 Å². The Balaban J connectivity index is 2.05. The van der Waals surface area contributed by atoms with E-state index in [4.69, 9.17) is 4.74 Å². The average Bonchev–Trinajstić information content (AvgIpc) is 2.22. The Morgan fingerprint density at radius 2 is 2.31 bits per heavy atom. The molecule has 1 saturated heterocycles. The molecule has 1 atom stereocenters. The number of hydrogen-bond donors (Lipinski definition) is 1. The topological polar surface area (TPSA) is 68.3 Å². The van der Waals surface area contributed by atoms with Gasteiger partial charge in [-0.1, -0.05) is 0 Å². The lowest BCUT2D eigenvalue weighted by molar-refractivity contribution is -0.138. The van der Waals surface area contributed by atoms with Crippen LogP contribution in [0.15, 0.2) is 22.9 Å². The maximum atomic E-state index is 11.4. The number of ether oxygens (including phenoxy) is 1. The largest absolute Gasteiger partial charge is 0.480 e. The SMILES string of the molecule is O=C1CCC(Oc2ccnc(Br)c2)C(=O)N1. The first-order chi connectivity index (χ1) is 7.65. The second-order valence-electron chi connectivity index (χ2n) is 3.37. The maximum absolute atomic E-state index is 11.4. The Bertz CT molecular complexity index is 436. The average molecular weight is 285 g/mol. The first kappa shape index (κ1) is 11.1. The molecule has 0 saturated carbocycles. The summed E-state index contributed by atoms with van der Waals surface area (Å²) in [5, 5.41) is 2.23. The van der Waals surface area contributed by atoms with E-state index >= 15 is 0 Å². The summed E-state index contributed by atoms with van der Waals surface area (Å²) in [6.07, 6.45) is 1.69. The Hall–Kier alpha value is -1.43. The third kappa shape index (κ3) is 2.57. The molecule has 1 aromatic heterocycles. The highest BCUT2D eigenvalue weighted by Gasteiger charge is 2.28. The molecule has 0 bridgehead atoms. The van der Waals surface area contributed by atoms with Gasteiger partial charge in [0.05, 0.1) is 0 Å². The first-order valence-corrected chi connectivity index (χ1v) is 5.56. The summed E-state index contributed by atoms with van der Waals surface area (Å²) in [5.41, 5.74) is 0. The van der Waals surface area contributed by atoms with Crippen molar-refractivity contribution in [2.24, 2.45) is 0 Å². The molecule has 1 N–H and O–H groups in total. The third-order valence-electron chi connectivity index (χ3n) is 2.17. The minimum atomic E-state index is -0.605. The monoisotopic (exact) mass is 284 g/mol. The standard InChI is InChI=1S/C10H9BrN2O3/c11-8-5-6(3-4-12-8)16-7-1-2-9(14)13-10(7)15/h3-5,7H,1-2H2,(H,13,14,15). The van der Waals surface area contributed by atoms with Gasteiger partial charge in [0.15, 0.2) is 6.10 Å². The molecule has 2 amide bonds. The number of carbonyl (C=O) groups excluding carboxylic acids is 2. The number of nitrogens with zero attached hydrogens (tertiary/aromatic N) is 1. The molecule has 2 rings (SSSR count). The highest BCUT2D eigenvalue weighted by molar-refractivity contribution is 9.10. The Morgan fingerprint density at radius 1 is 1.50 bits per heavy atom. The summed E-state index contributed by atoms with van der Waals surface area (Å²) < 4.78 is 6.10. The summed E-state index contributed by atoms with van der Waals surface area (Å²) in [6.45, 7) is 0. The molecular weight excluding hydrogens is 276 g/mol. The van der Waals surface area contributed by atoms with Gasteiger partial charge in [-0.2, -0.15) is 0 Å². The molecule has 5 nitrogen and oxygen atoms in total. The van der Waals surface area contributed by atoms with Crippen LogP contribution in [0, 0.1) is 0 Å². The molecule has 0 aromatic carbocycles. The molecule has 1 aliphatic heterocycles. The lowest BCUT2D eigenvalue weighted by atomic mass is 10.1. The quantitative estimate of drug-likeness (QED) is 0.651. The fraction of sp³-hybridized carbons (Fsp3) is 0.300. The van der Waals surface area contributed by atoms with Crippen LogP contribution in [0.25, 0.3) is 0 Å². The van der Waals surface area contributed by atoms with Crippen molar-refractivity contribution in [3.8, 4) is 5.75 Å². The van der Waals surface area contributed by atoms with Gasteiger partial charge in [-0.15, -0.1) is 0 Å². The van der Waals surface area contributed by atoms with Crippen LogP contribution in [0.4, 0.5) is 0 Å². The number of carbonyl (C=O) groups is 2. The molecular formula is C10H9BrN2O3. The van der Waals surface area contributed by atoms with Gasteiger partial charge in [-0.05, 0) is 22.0 Å². The van der Waals surface area contributed by atoms with Gasteiger partial charge < -0.3 is 4.74 Å². The van der Waals surface area contributed by atoms with E-state index in [9.17, 15) is 9.59 Å². The number of aromatic nitrogens is 1. The second kappa shape index (κ2) is 4.61. The predicted molar refractivity (Wildman–Crippen MR) is 58.7 cm³/mol. The molecule has 6 heteroatoms. The van der Waals surface area contributed by atoms with Crippen molar-refractivity contribution in [1.29, 1.82) is 0 Å². The highest BCUT2D eigenvalue weighted by atomic mass is 79.9. The van der Waals surface area contributed by atoms with E-state index in [1.54, 1.807) is 18.3 Å². The fourth-order valence-electron chi connectivity index (χ4n) is 1.41. The number of rotatable bonds is 2. The molecule has 0 aliphatic carbocycles. The lowest BCUT2D eigenvalue weighted by Crippen LogP contribution is -2.46. The van der Waals surface area contributed by atoms with E-state index in [1.165, 1.54) is 0 Å². The molecule has 1 unspecified atom stereocenters. The molecule has 16 heavy (non-hydrogen) atoms. The van der Waals surface area contributed by atoms with Gasteiger partial charge in [0.2, 0.25) is 5.91 Å². The minimum absolute atomic E-state index is 0.249. The van der Waals surface area contributed by atoms with Crippen molar-refractivity contribution in [2.45, 2.75) is 18.9 Å². The summed E-state index contributed by atoms with van der Waals surface area (Å²) in [6, 6.07) is 3.33. The van der Waals surface area contributed by atoms with E-state index < -0.39 is 6.10 Å². The van der Waals surface area contributed by atoms with Crippen molar-refractivity contribution in [3.05, 3.63) is 22.9 Å². The molecule has 0 radical (unpaired) electrons. The van der Waals surface area contributed by atoms with E-state index in [1.807, 2.05) is 0 Å². The van der Waals surface area contributed by atoms with E-state index in [0.717, 1.165) is 0 Å². The third-order valence-corrected chi connectivity index (χ3v) is 2.60. The molecule has 1 aliphatic rings. The normalized spacial score (nSPS) is 20.4. The summed E-state index contributed by atoms with van der Waals surface area (Å²) in [5.74, 6) is -0.0821. The highest BCUT2D eigenvalue weighted by Crippen LogP contribution is 2.19. The van der Waals surface area contributed by atoms with E-state index in [2.05, 4.69) is 26.2 Å². The van der Waals surface area contributed by atoms with Crippen LogP contribution < -0.4 is 10.1 Å². The van der Waals surface area contributed by atoms with E-state index in [0.29, 0.717) is 23.2 Å². The molecule has 0 spiro atoms. The zero-order chi connectivity index (χ0) is 11.5. The number of amides is 2. The molecule has 1 aromatic rings. The zero-order valence-electron chi connectivity index (χ0n) is 8.27. The van der Waals surface area contributed by atoms with Gasteiger partial charge in [-0.25, -0.2) is 4.98 Å². The fourth-order valence-corrected chi connectivity index (χ4v) is 1.75. The van der Waals surface area contributed by atoms with Crippen LogP contribution in [0.3, 0.4) is 0 Å². The smallest absolute Gasteiger partial charge is 0.267 e. The number of nitrogens with one attached hydrogen (secondary N) is 1. The van der Waals surface area contributed by atoms with Gasteiger partial charge in [-0.3, -0.25) is 14.9 Å². The van der Waals surface area contributed by atoms with Crippen LogP contribution in [0.1, 0.15) is 12.8 Å². The summed E-state index contributed by atoms with van der Waals surface area (Å²) >= 11 is 3.21. The van der Waals surface area contributed by atoms with Crippen LogP contribution in [-0.4, -0.2) is 22.9 Å². The van der Waals surface area contributed by atoms with Crippen LogP contribution in [0.2, 0.25) is 0 Å². The molecule has 84 valence electrons. The predicted octanol–water partition coefficient (Wildman–Crippen LogP) is 1.03. The van der Waals surface area contributed by atoms with Crippen molar-refractivity contribution in [2.75, 3.05) is 0 Å². The van der Waals surface area contributed by atoms with Gasteiger partial charge in [0.1, 0.15) is 10.4 Å². The van der Waals surface area contributed by atoms with Crippen molar-refractivity contribution in [1.82, 2.24) is 10.3 Å². The summed E-state index contributed by atoms with van der Waals surface area (Å²) in [7, 11) is 0. The number of imide groups is 1. The lowest BCUT2D eigenvalue weighted by Gasteiger charge is -2.21. The number of hydrogen-bond acceptors (Lipinski definition) is 4. The molecule has 1 fully saturated rings. The Labute approximate surface area is 100 Å². The van der Waals surface area contributed by atoms with Gasteiger partial charge >= 0.3 is 0 Å². The van der Waals surface area contributed by atoms with Crippen molar-refractivity contribution < 1.29 is 14.3 Å². The van der Waals surface area contributed by atoms with E-state index in [-0.39, 0.29) is 11.8 Å². The first-order valence-electron chi connectivity index (χ1n) is 4.77. The molecule has 2 heterocycles. The Kier molecular flexibility index (Phi) is 3.19. The van der Waals surface area contributed by atoms with Crippen LogP contribution in [-0.2, 0) is 9.59 Å². The number of piperidine rings is 1. The van der Waals surface area contributed by atoms with Crippen molar-refractivity contribution >= 4 is 27.7 Å². The zero-order valence-corrected chi connectivity index (χ0v) is 9.86. The summed E-state index contributed by atoms with van der Waals surface area (Å²) in [4.78, 5) is 26.3. The number of pyridine rings is 1. The van der Waals surface area contributed by atoms with Crippen molar-refractivity contribution in [3.63, 3.8) is 0 Å².